The summed E-state index contributed by atoms with van der Waals surface area (Å²) < 4.78 is 21.0. The second kappa shape index (κ2) is 8.55. The van der Waals surface area contributed by atoms with Gasteiger partial charge in [0.25, 0.3) is 5.89 Å². The highest BCUT2D eigenvalue weighted by atomic mass is 35.5. The van der Waals surface area contributed by atoms with Crippen LogP contribution in [0.2, 0.25) is 5.02 Å². The molecule has 0 bridgehead atoms. The van der Waals surface area contributed by atoms with E-state index in [1.54, 1.807) is 36.4 Å². The molecule has 27 heavy (non-hydrogen) atoms. The van der Waals surface area contributed by atoms with E-state index >= 15 is 0 Å². The molecule has 0 radical (unpaired) electrons. The van der Waals surface area contributed by atoms with Gasteiger partial charge in [-0.25, -0.2) is 4.79 Å². The lowest BCUT2D eigenvalue weighted by molar-refractivity contribution is 0.0429. The first-order chi connectivity index (χ1) is 13.1. The molecule has 0 atom stereocenters. The third-order valence-corrected chi connectivity index (χ3v) is 3.94. The molecule has 2 aromatic carbocycles. The van der Waals surface area contributed by atoms with Gasteiger partial charge in [-0.15, -0.1) is 0 Å². The predicted octanol–water partition coefficient (Wildman–Crippen LogP) is 4.15. The van der Waals surface area contributed by atoms with Gasteiger partial charge in [-0.05, 0) is 37.3 Å². The summed E-state index contributed by atoms with van der Waals surface area (Å²) in [4.78, 5) is 16.5. The van der Waals surface area contributed by atoms with Crippen molar-refractivity contribution in [1.82, 2.24) is 10.1 Å². The van der Waals surface area contributed by atoms with Gasteiger partial charge in [0.2, 0.25) is 5.82 Å². The van der Waals surface area contributed by atoms with Crippen LogP contribution in [0.5, 0.6) is 11.5 Å². The number of hydrogen-bond donors (Lipinski definition) is 0. The van der Waals surface area contributed by atoms with Crippen LogP contribution >= 0.6 is 11.6 Å². The molecule has 7 nitrogen and oxygen atoms in total. The first-order valence-electron chi connectivity index (χ1n) is 8.17. The second-order valence-corrected chi connectivity index (χ2v) is 5.77. The first-order valence-corrected chi connectivity index (χ1v) is 8.55. The number of rotatable bonds is 7. The van der Waals surface area contributed by atoms with Crippen molar-refractivity contribution in [3.63, 3.8) is 0 Å². The Bertz CT molecular complexity index is 941. The Morgan fingerprint density at radius 1 is 1.19 bits per heavy atom. The molecule has 3 aromatic rings. The molecule has 0 spiro atoms. The maximum absolute atomic E-state index is 12.3. The number of benzene rings is 2. The van der Waals surface area contributed by atoms with Crippen LogP contribution in [0.3, 0.4) is 0 Å². The van der Waals surface area contributed by atoms with E-state index < -0.39 is 5.97 Å². The van der Waals surface area contributed by atoms with E-state index in [1.165, 1.54) is 7.11 Å². The van der Waals surface area contributed by atoms with E-state index in [1.807, 2.05) is 13.0 Å². The highest BCUT2D eigenvalue weighted by molar-refractivity contribution is 6.33. The molecule has 0 N–H and O–H groups in total. The van der Waals surface area contributed by atoms with Gasteiger partial charge in [-0.1, -0.05) is 28.9 Å². The molecule has 140 valence electrons. The van der Waals surface area contributed by atoms with Crippen molar-refractivity contribution in [2.45, 2.75) is 13.5 Å². The zero-order valence-corrected chi connectivity index (χ0v) is 15.5. The minimum atomic E-state index is -0.547. The Morgan fingerprint density at radius 3 is 2.74 bits per heavy atom. The maximum atomic E-state index is 12.3. The van der Waals surface area contributed by atoms with Crippen molar-refractivity contribution in [3.8, 4) is 22.9 Å². The summed E-state index contributed by atoms with van der Waals surface area (Å²) in [5, 5.41) is 4.36. The zero-order valence-electron chi connectivity index (χ0n) is 14.8. The van der Waals surface area contributed by atoms with Gasteiger partial charge in [-0.3, -0.25) is 0 Å². The highest BCUT2D eigenvalue weighted by Crippen LogP contribution is 2.28. The molecular weight excluding hydrogens is 372 g/mol. The molecule has 0 saturated carbocycles. The number of nitrogens with zero attached hydrogens (tertiary/aromatic N) is 2. The summed E-state index contributed by atoms with van der Waals surface area (Å²) in [6.45, 7) is 2.19. The van der Waals surface area contributed by atoms with Crippen LogP contribution in [0, 0.1) is 0 Å². The van der Waals surface area contributed by atoms with E-state index in [9.17, 15) is 4.79 Å². The molecule has 1 aromatic heterocycles. The molecule has 3 rings (SSSR count). The third-order valence-electron chi connectivity index (χ3n) is 3.61. The van der Waals surface area contributed by atoms with E-state index in [2.05, 4.69) is 10.1 Å². The van der Waals surface area contributed by atoms with Crippen molar-refractivity contribution in [2.24, 2.45) is 0 Å². The molecule has 1 heterocycles. The molecule has 0 unspecified atom stereocenters. The molecule has 0 amide bonds. The van der Waals surface area contributed by atoms with Crippen molar-refractivity contribution < 1.29 is 23.5 Å². The minimum Gasteiger partial charge on any atom is -0.493 e. The fourth-order valence-corrected chi connectivity index (χ4v) is 2.57. The largest absolute Gasteiger partial charge is 0.493 e. The Morgan fingerprint density at radius 2 is 2.00 bits per heavy atom. The third kappa shape index (κ3) is 4.38. The molecule has 0 aliphatic rings. The van der Waals surface area contributed by atoms with Crippen LogP contribution < -0.4 is 9.47 Å². The van der Waals surface area contributed by atoms with Gasteiger partial charge in [-0.2, -0.15) is 4.98 Å². The standard InChI is InChI=1S/C19H17ClN2O5/c1-3-25-15-9-8-12(10-16(15)24-2)19(23)26-11-17-21-18(22-27-17)13-6-4-5-7-14(13)20/h4-10H,3,11H2,1-2H3. The highest BCUT2D eigenvalue weighted by Gasteiger charge is 2.16. The van der Waals surface area contributed by atoms with Gasteiger partial charge in [0.1, 0.15) is 0 Å². The monoisotopic (exact) mass is 388 g/mol. The van der Waals surface area contributed by atoms with Gasteiger partial charge in [0.05, 0.1) is 24.3 Å². The van der Waals surface area contributed by atoms with E-state index in [-0.39, 0.29) is 12.5 Å². The molecule has 0 fully saturated rings. The lowest BCUT2D eigenvalue weighted by atomic mass is 10.2. The molecular formula is C19H17ClN2O5. The maximum Gasteiger partial charge on any atom is 0.338 e. The van der Waals surface area contributed by atoms with Crippen molar-refractivity contribution in [3.05, 3.63) is 58.9 Å². The van der Waals surface area contributed by atoms with Crippen LogP contribution in [0.15, 0.2) is 47.0 Å². The lowest BCUT2D eigenvalue weighted by Gasteiger charge is -2.10. The zero-order chi connectivity index (χ0) is 19.2. The van der Waals surface area contributed by atoms with Crippen LogP contribution in [0.25, 0.3) is 11.4 Å². The van der Waals surface area contributed by atoms with Gasteiger partial charge < -0.3 is 18.7 Å². The fourth-order valence-electron chi connectivity index (χ4n) is 2.35. The number of hydrogen-bond acceptors (Lipinski definition) is 7. The van der Waals surface area contributed by atoms with Crippen LogP contribution in [-0.4, -0.2) is 29.8 Å². The summed E-state index contributed by atoms with van der Waals surface area (Å²) in [5.41, 5.74) is 0.956. The molecule has 0 aliphatic carbocycles. The number of halogens is 1. The fraction of sp³-hybridized carbons (Fsp3) is 0.211. The number of esters is 1. The SMILES string of the molecule is CCOc1ccc(C(=O)OCc2nc(-c3ccccc3Cl)no2)cc1OC. The van der Waals surface area contributed by atoms with E-state index in [4.69, 9.17) is 30.3 Å². The van der Waals surface area contributed by atoms with Gasteiger partial charge in [0, 0.05) is 5.56 Å². The summed E-state index contributed by atoms with van der Waals surface area (Å²) in [6, 6.07) is 11.9. The lowest BCUT2D eigenvalue weighted by Crippen LogP contribution is -2.06. The van der Waals surface area contributed by atoms with Gasteiger partial charge >= 0.3 is 5.97 Å². The van der Waals surface area contributed by atoms with Crippen LogP contribution in [0.1, 0.15) is 23.2 Å². The minimum absolute atomic E-state index is 0.161. The summed E-state index contributed by atoms with van der Waals surface area (Å²) >= 11 is 6.11. The quantitative estimate of drug-likeness (QED) is 0.562. The van der Waals surface area contributed by atoms with Crippen molar-refractivity contribution in [2.75, 3.05) is 13.7 Å². The van der Waals surface area contributed by atoms with Crippen molar-refractivity contribution in [1.29, 1.82) is 0 Å². The summed E-state index contributed by atoms with van der Waals surface area (Å²) in [7, 11) is 1.50. The Balaban J connectivity index is 1.67. The van der Waals surface area contributed by atoms with Crippen LogP contribution in [-0.2, 0) is 11.3 Å². The number of aromatic nitrogens is 2. The van der Waals surface area contributed by atoms with E-state index in [0.29, 0.717) is 40.1 Å². The molecule has 0 saturated heterocycles. The number of methoxy groups -OCH3 is 1. The number of carbonyl (C=O) groups is 1. The van der Waals surface area contributed by atoms with E-state index in [0.717, 1.165) is 0 Å². The average Bonchev–Trinajstić information content (AvgIpc) is 3.15. The molecule has 8 heteroatoms. The second-order valence-electron chi connectivity index (χ2n) is 5.37. The Kier molecular flexibility index (Phi) is 5.93. The van der Waals surface area contributed by atoms with Crippen LogP contribution in [0.4, 0.5) is 0 Å². The smallest absolute Gasteiger partial charge is 0.338 e. The topological polar surface area (TPSA) is 83.7 Å². The molecule has 0 aliphatic heterocycles. The number of ether oxygens (including phenoxy) is 3. The van der Waals surface area contributed by atoms with Gasteiger partial charge in [0.15, 0.2) is 18.1 Å². The normalized spacial score (nSPS) is 10.5. The summed E-state index contributed by atoms with van der Waals surface area (Å²) in [5.74, 6) is 0.947. The number of carbonyl (C=O) groups excluding carboxylic acids is 1. The summed E-state index contributed by atoms with van der Waals surface area (Å²) in [6.07, 6.45) is 0. The van der Waals surface area contributed by atoms with Crippen molar-refractivity contribution >= 4 is 17.6 Å². The average molecular weight is 389 g/mol. The first kappa shape index (κ1) is 18.7. The predicted molar refractivity (Wildman–Crippen MR) is 98.0 cm³/mol. The Hall–Kier alpha value is -3.06. The Labute approximate surface area is 160 Å².